The van der Waals surface area contributed by atoms with Crippen LogP contribution >= 0.6 is 0 Å². The van der Waals surface area contributed by atoms with Gasteiger partial charge in [0.2, 0.25) is 0 Å². The average Bonchev–Trinajstić information content (AvgIpc) is 3.30. The van der Waals surface area contributed by atoms with Crippen molar-refractivity contribution >= 4 is 17.4 Å². The molecule has 218 valence electrons. The second-order valence-corrected chi connectivity index (χ2v) is 10.6. The first-order chi connectivity index (χ1) is 21.5. The molecular weight excluding hydrogens is 552 g/mol. The Kier molecular flexibility index (Phi) is 8.19. The number of likely N-dealkylation sites (tertiary alicyclic amines) is 1. The molecule has 1 atom stereocenters. The number of ketones is 1. The zero-order valence-electron chi connectivity index (χ0n) is 24.1. The van der Waals surface area contributed by atoms with Gasteiger partial charge >= 0.3 is 0 Å². The number of pyridine rings is 1. The Morgan fingerprint density at radius 1 is 0.795 bits per heavy atom. The Labute approximate surface area is 255 Å². The molecule has 6 rings (SSSR count). The Balaban J connectivity index is 1.34. The summed E-state index contributed by atoms with van der Waals surface area (Å²) < 4.78 is 12.0. The van der Waals surface area contributed by atoms with Crippen LogP contribution in [-0.4, -0.2) is 26.7 Å². The lowest BCUT2D eigenvalue weighted by atomic mass is 9.95. The number of amides is 1. The molecule has 1 fully saturated rings. The number of aliphatic hydroxyl groups is 1. The van der Waals surface area contributed by atoms with Gasteiger partial charge < -0.3 is 19.5 Å². The van der Waals surface area contributed by atoms with E-state index < -0.39 is 17.7 Å². The molecule has 4 aromatic carbocycles. The van der Waals surface area contributed by atoms with Crippen LogP contribution in [0.25, 0.3) is 5.76 Å². The summed E-state index contributed by atoms with van der Waals surface area (Å²) in [5.74, 6) is 0.0806. The van der Waals surface area contributed by atoms with E-state index in [9.17, 15) is 14.7 Å². The molecule has 44 heavy (non-hydrogen) atoms. The summed E-state index contributed by atoms with van der Waals surface area (Å²) in [5.41, 5.74) is 3.98. The first-order valence-electron chi connectivity index (χ1n) is 14.3. The van der Waals surface area contributed by atoms with Crippen molar-refractivity contribution in [3.8, 4) is 17.2 Å². The molecule has 0 saturated carbocycles. The Morgan fingerprint density at radius 3 is 2.30 bits per heavy atom. The van der Waals surface area contributed by atoms with Crippen LogP contribution in [-0.2, 0) is 22.7 Å². The number of para-hydroxylation sites is 1. The van der Waals surface area contributed by atoms with E-state index in [-0.39, 0.29) is 17.9 Å². The molecule has 5 aromatic rings. The van der Waals surface area contributed by atoms with E-state index in [1.807, 2.05) is 67.6 Å². The number of aryl methyl sites for hydroxylation is 1. The van der Waals surface area contributed by atoms with Crippen molar-refractivity contribution in [2.45, 2.75) is 26.1 Å². The normalized spacial score (nSPS) is 15.8. The number of hydrogen-bond acceptors (Lipinski definition) is 6. The van der Waals surface area contributed by atoms with Crippen LogP contribution in [0.3, 0.4) is 0 Å². The van der Waals surface area contributed by atoms with Crippen LogP contribution < -0.4 is 9.47 Å². The lowest BCUT2D eigenvalue weighted by molar-refractivity contribution is -0.140. The first kappa shape index (κ1) is 28.4. The van der Waals surface area contributed by atoms with E-state index in [1.54, 1.807) is 60.9 Å². The molecule has 0 unspecified atom stereocenters. The number of aromatic nitrogens is 1. The van der Waals surface area contributed by atoms with E-state index in [1.165, 1.54) is 4.90 Å². The van der Waals surface area contributed by atoms with Crippen LogP contribution in [0.1, 0.15) is 33.9 Å². The number of carbonyl (C=O) groups is 2. The van der Waals surface area contributed by atoms with Crippen molar-refractivity contribution < 1.29 is 24.2 Å². The molecule has 2 heterocycles. The van der Waals surface area contributed by atoms with Gasteiger partial charge in [-0.05, 0) is 78.2 Å². The Hall–Kier alpha value is -5.69. The summed E-state index contributed by atoms with van der Waals surface area (Å²) >= 11 is 0. The maximum absolute atomic E-state index is 13.6. The minimum Gasteiger partial charge on any atom is -0.507 e. The zero-order valence-corrected chi connectivity index (χ0v) is 24.1. The van der Waals surface area contributed by atoms with E-state index in [0.717, 1.165) is 16.7 Å². The highest BCUT2D eigenvalue weighted by Gasteiger charge is 2.46. The molecule has 7 nitrogen and oxygen atoms in total. The van der Waals surface area contributed by atoms with Gasteiger partial charge in [-0.3, -0.25) is 14.6 Å². The third-order valence-electron chi connectivity index (χ3n) is 7.38. The second-order valence-electron chi connectivity index (χ2n) is 10.6. The third-order valence-corrected chi connectivity index (χ3v) is 7.38. The van der Waals surface area contributed by atoms with Gasteiger partial charge in [0.1, 0.15) is 29.6 Å². The fourth-order valence-electron chi connectivity index (χ4n) is 5.28. The molecule has 0 aliphatic carbocycles. The summed E-state index contributed by atoms with van der Waals surface area (Å²) in [7, 11) is 0. The Morgan fingerprint density at radius 2 is 1.55 bits per heavy atom. The molecule has 1 N–H and O–H groups in total. The smallest absolute Gasteiger partial charge is 0.295 e. The van der Waals surface area contributed by atoms with Gasteiger partial charge in [-0.15, -0.1) is 0 Å². The van der Waals surface area contributed by atoms with Crippen LogP contribution in [0.5, 0.6) is 17.2 Å². The highest BCUT2D eigenvalue weighted by Crippen LogP contribution is 2.41. The van der Waals surface area contributed by atoms with Gasteiger partial charge in [-0.1, -0.05) is 66.2 Å². The quantitative estimate of drug-likeness (QED) is 0.111. The topological polar surface area (TPSA) is 89.0 Å². The molecule has 1 aliphatic rings. The molecule has 1 amide bonds. The molecule has 0 bridgehead atoms. The van der Waals surface area contributed by atoms with Crippen molar-refractivity contribution in [2.75, 3.05) is 0 Å². The standard InChI is InChI=1S/C37H30N2O5/c1-25-8-5-9-26(20-25)24-43-30-17-15-28(16-18-30)35(40)33-34(39(37(42)36(33)41)23-27-10-7-19-38-22-27)29-11-6-14-32(21-29)44-31-12-3-2-4-13-31/h2-22,34,40H,23-24H2,1H3/t34-/m1/s1. The number of rotatable bonds is 9. The predicted octanol–water partition coefficient (Wildman–Crippen LogP) is 7.38. The number of Topliss-reactive ketones (excluding diaryl/α,β-unsaturated/α-hetero) is 1. The maximum atomic E-state index is 13.6. The SMILES string of the molecule is Cc1cccc(COc2ccc(C(O)=C3C(=O)C(=O)N(Cc4cccnc4)[C@@H]3c3cccc(Oc4ccccc4)c3)cc2)c1. The number of hydrogen-bond donors (Lipinski definition) is 1. The zero-order chi connectivity index (χ0) is 30.5. The second kappa shape index (κ2) is 12.7. The van der Waals surface area contributed by atoms with Gasteiger partial charge in [0.15, 0.2) is 0 Å². The number of aliphatic hydroxyl groups excluding tert-OH is 1. The summed E-state index contributed by atoms with van der Waals surface area (Å²) in [6.07, 6.45) is 3.30. The predicted molar refractivity (Wildman–Crippen MR) is 167 cm³/mol. The lowest BCUT2D eigenvalue weighted by Crippen LogP contribution is -2.29. The van der Waals surface area contributed by atoms with Crippen LogP contribution in [0.4, 0.5) is 0 Å². The van der Waals surface area contributed by atoms with Crippen molar-refractivity contribution in [3.63, 3.8) is 0 Å². The molecule has 1 saturated heterocycles. The largest absolute Gasteiger partial charge is 0.507 e. The van der Waals surface area contributed by atoms with E-state index in [0.29, 0.717) is 35.0 Å². The maximum Gasteiger partial charge on any atom is 0.295 e. The van der Waals surface area contributed by atoms with Gasteiger partial charge in [0.05, 0.1) is 11.6 Å². The highest BCUT2D eigenvalue weighted by molar-refractivity contribution is 6.46. The van der Waals surface area contributed by atoms with Crippen molar-refractivity contribution in [3.05, 3.63) is 161 Å². The minimum atomic E-state index is -0.855. The van der Waals surface area contributed by atoms with E-state index in [4.69, 9.17) is 9.47 Å². The van der Waals surface area contributed by atoms with Gasteiger partial charge in [0.25, 0.3) is 11.7 Å². The van der Waals surface area contributed by atoms with Crippen molar-refractivity contribution in [1.29, 1.82) is 0 Å². The summed E-state index contributed by atoms with van der Waals surface area (Å²) in [6, 6.07) is 34.2. The first-order valence-corrected chi connectivity index (χ1v) is 14.3. The fraction of sp³-hybridized carbons (Fsp3) is 0.108. The molecule has 1 aromatic heterocycles. The summed E-state index contributed by atoms with van der Waals surface area (Å²) in [6.45, 7) is 2.56. The van der Waals surface area contributed by atoms with E-state index in [2.05, 4.69) is 11.1 Å². The Bertz CT molecular complexity index is 1820. The number of carbonyl (C=O) groups excluding carboxylic acids is 2. The van der Waals surface area contributed by atoms with Gasteiger partial charge in [-0.25, -0.2) is 0 Å². The van der Waals surface area contributed by atoms with Crippen molar-refractivity contribution in [1.82, 2.24) is 9.88 Å². The van der Waals surface area contributed by atoms with Crippen LogP contribution in [0.15, 0.2) is 133 Å². The molecular formula is C37H30N2O5. The molecule has 1 aliphatic heterocycles. The fourth-order valence-corrected chi connectivity index (χ4v) is 5.28. The van der Waals surface area contributed by atoms with Crippen LogP contribution in [0.2, 0.25) is 0 Å². The van der Waals surface area contributed by atoms with Gasteiger partial charge in [-0.2, -0.15) is 0 Å². The van der Waals surface area contributed by atoms with Gasteiger partial charge in [0, 0.05) is 24.5 Å². The van der Waals surface area contributed by atoms with Crippen molar-refractivity contribution in [2.24, 2.45) is 0 Å². The highest BCUT2D eigenvalue weighted by atomic mass is 16.5. The number of nitrogens with zero attached hydrogens (tertiary/aromatic N) is 2. The average molecular weight is 583 g/mol. The number of ether oxygens (including phenoxy) is 2. The monoisotopic (exact) mass is 582 g/mol. The lowest BCUT2D eigenvalue weighted by Gasteiger charge is -2.25. The van der Waals surface area contributed by atoms with Crippen LogP contribution in [0, 0.1) is 6.92 Å². The third kappa shape index (κ3) is 6.22. The summed E-state index contributed by atoms with van der Waals surface area (Å²) in [5, 5.41) is 11.6. The molecule has 7 heteroatoms. The molecule has 0 spiro atoms. The van der Waals surface area contributed by atoms with E-state index >= 15 is 0 Å². The molecule has 0 radical (unpaired) electrons. The minimum absolute atomic E-state index is 0.00387. The summed E-state index contributed by atoms with van der Waals surface area (Å²) in [4.78, 5) is 32.7. The number of benzene rings is 4.